The van der Waals surface area contributed by atoms with Gasteiger partial charge in [0.1, 0.15) is 5.82 Å². The molecule has 78 valence electrons. The van der Waals surface area contributed by atoms with Crippen LogP contribution in [0.2, 0.25) is 0 Å². The molecule has 0 saturated carbocycles. The second kappa shape index (κ2) is 4.14. The largest absolute Gasteiger partial charge is 0.306 e. The van der Waals surface area contributed by atoms with E-state index in [4.69, 9.17) is 0 Å². The summed E-state index contributed by atoms with van der Waals surface area (Å²) in [5.74, 6) is -0.193. The maximum absolute atomic E-state index is 13.3. The number of aryl methyl sites for hydroxylation is 1. The minimum Gasteiger partial charge on any atom is -0.306 e. The summed E-state index contributed by atoms with van der Waals surface area (Å²) in [7, 11) is 0. The van der Waals surface area contributed by atoms with Crippen molar-refractivity contribution in [1.82, 2.24) is 9.55 Å². The van der Waals surface area contributed by atoms with E-state index in [2.05, 4.69) is 20.9 Å². The van der Waals surface area contributed by atoms with Crippen molar-refractivity contribution in [2.24, 2.45) is 0 Å². The van der Waals surface area contributed by atoms with Crippen molar-refractivity contribution in [3.63, 3.8) is 0 Å². The van der Waals surface area contributed by atoms with Crippen LogP contribution in [0, 0.1) is 12.7 Å². The Morgan fingerprint density at radius 3 is 2.87 bits per heavy atom. The smallest absolute Gasteiger partial charge is 0.128 e. The zero-order valence-corrected chi connectivity index (χ0v) is 9.83. The first kappa shape index (κ1) is 10.4. The summed E-state index contributed by atoms with van der Waals surface area (Å²) >= 11 is 3.32. The van der Waals surface area contributed by atoms with E-state index in [0.717, 1.165) is 11.4 Å². The summed E-state index contributed by atoms with van der Waals surface area (Å²) in [5, 5.41) is 0.703. The van der Waals surface area contributed by atoms with Crippen LogP contribution >= 0.6 is 15.9 Å². The van der Waals surface area contributed by atoms with Crippen LogP contribution in [0.15, 0.2) is 30.7 Å². The van der Waals surface area contributed by atoms with Crippen LogP contribution in [-0.2, 0) is 5.33 Å². The lowest BCUT2D eigenvalue weighted by Crippen LogP contribution is -1.92. The number of rotatable bonds is 2. The third-order valence-electron chi connectivity index (χ3n) is 2.23. The quantitative estimate of drug-likeness (QED) is 0.765. The van der Waals surface area contributed by atoms with Gasteiger partial charge in [-0.2, -0.15) is 0 Å². The minimum absolute atomic E-state index is 0.193. The molecule has 0 saturated heterocycles. The molecule has 0 amide bonds. The fraction of sp³-hybridized carbons (Fsp3) is 0.182. The van der Waals surface area contributed by atoms with Gasteiger partial charge in [-0.25, -0.2) is 9.37 Å². The van der Waals surface area contributed by atoms with Crippen LogP contribution in [0.1, 0.15) is 11.3 Å². The SMILES string of the molecule is Cc1ccc(-n2cnc(CBr)c2)cc1F. The molecule has 2 aromatic rings. The Balaban J connectivity index is 2.40. The van der Waals surface area contributed by atoms with Gasteiger partial charge in [-0.15, -0.1) is 0 Å². The molecule has 1 aromatic heterocycles. The molecule has 0 unspecified atom stereocenters. The van der Waals surface area contributed by atoms with Crippen LogP contribution in [-0.4, -0.2) is 9.55 Å². The van der Waals surface area contributed by atoms with Crippen LogP contribution in [0.25, 0.3) is 5.69 Å². The second-order valence-electron chi connectivity index (χ2n) is 3.34. The number of hydrogen-bond donors (Lipinski definition) is 0. The number of aromatic nitrogens is 2. The van der Waals surface area contributed by atoms with Crippen molar-refractivity contribution >= 4 is 15.9 Å². The highest BCUT2D eigenvalue weighted by atomic mass is 79.9. The number of hydrogen-bond acceptors (Lipinski definition) is 1. The Labute approximate surface area is 95.9 Å². The Morgan fingerprint density at radius 2 is 2.27 bits per heavy atom. The molecule has 0 bridgehead atoms. The summed E-state index contributed by atoms with van der Waals surface area (Å²) in [5.41, 5.74) is 2.37. The second-order valence-corrected chi connectivity index (χ2v) is 3.90. The van der Waals surface area contributed by atoms with Crippen LogP contribution in [0.3, 0.4) is 0 Å². The van der Waals surface area contributed by atoms with E-state index < -0.39 is 0 Å². The molecular formula is C11H10BrFN2. The van der Waals surface area contributed by atoms with Gasteiger partial charge in [0.15, 0.2) is 0 Å². The average molecular weight is 269 g/mol. The summed E-state index contributed by atoms with van der Waals surface area (Å²) in [6, 6.07) is 5.14. The maximum Gasteiger partial charge on any atom is 0.128 e. The third-order valence-corrected chi connectivity index (χ3v) is 2.80. The van der Waals surface area contributed by atoms with Crippen molar-refractivity contribution in [3.8, 4) is 5.69 Å². The van der Waals surface area contributed by atoms with E-state index in [1.165, 1.54) is 6.07 Å². The number of alkyl halides is 1. The molecule has 0 atom stereocenters. The number of benzene rings is 1. The predicted octanol–water partition coefficient (Wildman–Crippen LogP) is 3.21. The molecule has 0 fully saturated rings. The number of halogens is 2. The summed E-state index contributed by atoms with van der Waals surface area (Å²) in [6.07, 6.45) is 3.56. The number of imidazole rings is 1. The average Bonchev–Trinajstić information content (AvgIpc) is 2.70. The molecule has 0 radical (unpaired) electrons. The molecule has 1 heterocycles. The molecule has 0 aliphatic carbocycles. The predicted molar refractivity (Wildman–Crippen MR) is 60.9 cm³/mol. The molecule has 0 aliphatic rings. The van der Waals surface area contributed by atoms with Gasteiger partial charge in [-0.1, -0.05) is 22.0 Å². The summed E-state index contributed by atoms with van der Waals surface area (Å²) in [6.45, 7) is 1.75. The highest BCUT2D eigenvalue weighted by Gasteiger charge is 2.02. The molecule has 1 aromatic carbocycles. The number of nitrogens with zero attached hydrogens (tertiary/aromatic N) is 2. The van der Waals surface area contributed by atoms with Crippen molar-refractivity contribution < 1.29 is 4.39 Å². The molecule has 4 heteroatoms. The topological polar surface area (TPSA) is 17.8 Å². The monoisotopic (exact) mass is 268 g/mol. The van der Waals surface area contributed by atoms with Crippen LogP contribution in [0.5, 0.6) is 0 Å². The standard InChI is InChI=1S/C11H10BrFN2/c1-8-2-3-10(4-11(8)13)15-6-9(5-12)14-7-15/h2-4,6-7H,5H2,1H3. The van der Waals surface area contributed by atoms with Crippen molar-refractivity contribution in [2.75, 3.05) is 0 Å². The van der Waals surface area contributed by atoms with Gasteiger partial charge in [0.05, 0.1) is 12.0 Å². The molecule has 0 N–H and O–H groups in total. The molecule has 15 heavy (non-hydrogen) atoms. The third kappa shape index (κ3) is 2.09. The first-order valence-corrected chi connectivity index (χ1v) is 5.68. The molecular weight excluding hydrogens is 259 g/mol. The van der Waals surface area contributed by atoms with Crippen molar-refractivity contribution in [2.45, 2.75) is 12.3 Å². The van der Waals surface area contributed by atoms with E-state index in [0.29, 0.717) is 10.9 Å². The van der Waals surface area contributed by atoms with Crippen LogP contribution < -0.4 is 0 Å². The van der Waals surface area contributed by atoms with Gasteiger partial charge in [0.25, 0.3) is 0 Å². The molecule has 0 spiro atoms. The lowest BCUT2D eigenvalue weighted by Gasteiger charge is -2.03. The van der Waals surface area contributed by atoms with Gasteiger partial charge >= 0.3 is 0 Å². The molecule has 2 rings (SSSR count). The van der Waals surface area contributed by atoms with Crippen LogP contribution in [0.4, 0.5) is 4.39 Å². The van der Waals surface area contributed by atoms with Gasteiger partial charge in [-0.3, -0.25) is 0 Å². The first-order valence-electron chi connectivity index (χ1n) is 4.56. The van der Waals surface area contributed by atoms with Crippen molar-refractivity contribution in [1.29, 1.82) is 0 Å². The van der Waals surface area contributed by atoms with E-state index in [1.807, 2.05) is 12.3 Å². The Morgan fingerprint density at radius 1 is 1.47 bits per heavy atom. The Hall–Kier alpha value is -1.16. The Kier molecular flexibility index (Phi) is 2.86. The first-order chi connectivity index (χ1) is 7.20. The molecule has 0 aliphatic heterocycles. The van der Waals surface area contributed by atoms with Gasteiger partial charge in [-0.05, 0) is 24.6 Å². The zero-order valence-electron chi connectivity index (χ0n) is 8.24. The lowest BCUT2D eigenvalue weighted by molar-refractivity contribution is 0.617. The van der Waals surface area contributed by atoms with E-state index in [9.17, 15) is 4.39 Å². The maximum atomic E-state index is 13.3. The molecule has 2 nitrogen and oxygen atoms in total. The van der Waals surface area contributed by atoms with E-state index in [1.54, 1.807) is 23.9 Å². The normalized spacial score (nSPS) is 10.6. The van der Waals surface area contributed by atoms with Crippen molar-refractivity contribution in [3.05, 3.63) is 47.8 Å². The fourth-order valence-corrected chi connectivity index (χ4v) is 1.61. The minimum atomic E-state index is -0.193. The van der Waals surface area contributed by atoms with E-state index in [-0.39, 0.29) is 5.82 Å². The van der Waals surface area contributed by atoms with Gasteiger partial charge < -0.3 is 4.57 Å². The van der Waals surface area contributed by atoms with Gasteiger partial charge in [0.2, 0.25) is 0 Å². The Bertz CT molecular complexity index is 479. The fourth-order valence-electron chi connectivity index (χ4n) is 1.32. The summed E-state index contributed by atoms with van der Waals surface area (Å²) < 4.78 is 15.1. The zero-order chi connectivity index (χ0) is 10.8. The highest BCUT2D eigenvalue weighted by Crippen LogP contribution is 2.14. The summed E-state index contributed by atoms with van der Waals surface area (Å²) in [4.78, 5) is 4.16. The van der Waals surface area contributed by atoms with Gasteiger partial charge in [0, 0.05) is 17.2 Å². The lowest BCUT2D eigenvalue weighted by atomic mass is 10.2. The highest BCUT2D eigenvalue weighted by molar-refractivity contribution is 9.08. The van der Waals surface area contributed by atoms with E-state index >= 15 is 0 Å².